The number of nitrogens with zero attached hydrogens (tertiary/aromatic N) is 21. The first-order chi connectivity index (χ1) is 62.0. The molecule has 32 nitrogen and oxygen atoms in total. The molecule has 670 valence electrons. The number of benzene rings is 4. The van der Waals surface area contributed by atoms with Crippen LogP contribution in [0.5, 0.6) is 0 Å². The first-order valence-electron chi connectivity index (χ1n) is 43.9. The Balaban J connectivity index is 0.000000121. The molecule has 0 spiro atoms. The largest absolute Gasteiger partial charge is 0.416 e. The van der Waals surface area contributed by atoms with Crippen LogP contribution in [0.3, 0.4) is 0 Å². The Labute approximate surface area is 750 Å². The third kappa shape index (κ3) is 18.8. The SMILES string of the molecule is CC(C)[C@H]1CN(C)C(=O)N1c1ccnc(NC2(c3cn(-c4ccc(Cl)cc4)cn3)CC2)n1.CC(C)[C@H]1CNC(=O)N1c1ccnc(NC2(c3cn(-c4cccc(C(F)(F)F)c4)cn3)CC2)n1.CCc1ccc(-n2cnc(C3(Nc4nccc(N5C(=O)NC[C@@H]5C(C)C)n4)CC3)c2)cc1.Cc1ccc(-n2cnc(C3(Nc4nccc(N5C(=O)NC[C@@H]5C(C)C)n4)CC3)c2)cc1. The van der Waals surface area contributed by atoms with E-state index in [1.165, 1.54) is 23.5 Å². The van der Waals surface area contributed by atoms with Gasteiger partial charge < -0.3 is 60.4 Å². The van der Waals surface area contributed by atoms with Crippen molar-refractivity contribution in [3.63, 3.8) is 0 Å². The summed E-state index contributed by atoms with van der Waals surface area (Å²) in [5.41, 5.74) is 7.64. The lowest BCUT2D eigenvalue weighted by Gasteiger charge is -2.25. The second-order valence-electron chi connectivity index (χ2n) is 35.8. The number of anilines is 8. The van der Waals surface area contributed by atoms with Gasteiger partial charge in [0, 0.05) is 111 Å². The van der Waals surface area contributed by atoms with Gasteiger partial charge in [-0.25, -0.2) is 59.0 Å². The van der Waals surface area contributed by atoms with Crippen molar-refractivity contribution >= 4 is 82.8 Å². The Morgan fingerprint density at radius 2 is 0.736 bits per heavy atom. The first-order valence-corrected chi connectivity index (χ1v) is 44.3. The molecule has 129 heavy (non-hydrogen) atoms. The predicted molar refractivity (Wildman–Crippen MR) is 487 cm³/mol. The fraction of sp³-hybridized carbons (Fsp3) is 0.398. The molecular weight excluding hydrogens is 1670 g/mol. The number of hydrogen-bond donors (Lipinski definition) is 7. The number of rotatable bonds is 25. The summed E-state index contributed by atoms with van der Waals surface area (Å²) in [4.78, 5) is 113. The predicted octanol–water partition coefficient (Wildman–Crippen LogP) is 16.2. The Hall–Kier alpha value is -13.6. The van der Waals surface area contributed by atoms with Crippen LogP contribution < -0.4 is 56.8 Å². The number of nitrogens with one attached hydrogen (secondary N) is 7. The van der Waals surface area contributed by atoms with E-state index in [4.69, 9.17) is 16.6 Å². The van der Waals surface area contributed by atoms with E-state index in [1.807, 2.05) is 65.6 Å². The molecule has 4 aromatic carbocycles. The average Bonchev–Trinajstić information content (AvgIpc) is 1.61. The monoisotopic (exact) mass is 1770 g/mol. The van der Waals surface area contributed by atoms with Gasteiger partial charge in [-0.15, -0.1) is 0 Å². The van der Waals surface area contributed by atoms with Gasteiger partial charge in [-0.3, -0.25) is 19.6 Å². The molecule has 12 heterocycles. The molecular formula is C93H106ClF3N28O4. The van der Waals surface area contributed by atoms with Crippen LogP contribution in [0.15, 0.2) is 196 Å². The van der Waals surface area contributed by atoms with Crippen molar-refractivity contribution in [2.24, 2.45) is 23.7 Å². The molecule has 4 aliphatic heterocycles. The van der Waals surface area contributed by atoms with Gasteiger partial charge in [0.05, 0.1) is 100.0 Å². The summed E-state index contributed by atoms with van der Waals surface area (Å²) in [6.07, 6.45) is 25.5. The molecule has 8 fully saturated rings. The highest BCUT2D eigenvalue weighted by molar-refractivity contribution is 6.30. The van der Waals surface area contributed by atoms with Gasteiger partial charge in [0.15, 0.2) is 0 Å². The standard InChI is InChI=1S/C24H29N7O.C23H26ClN7O.C23H24F3N7O.C23H27N7O/c1-4-17-5-7-18(8-6-17)30-14-20(27-15-30)24(10-11-24)29-22-25-12-9-21(28-22)31-19(16(2)3)13-26-23(31)32;1-15(2)18-12-29(3)22(32)31(18)20-8-11-25-21(27-20)28-23(9-10-23)19-13-30(14-26-19)17-6-4-16(24)5-7-17;1-14(2)17-11-28-21(34)33(17)19-6-9-27-20(30-19)31-22(7-8-22)18-12-32(13-29-18)16-5-3-4-15(10-16)23(24,25)26;1-15(2)18-12-25-22(31)30(18)20-8-11-24-21(27-20)28-23(9-10-23)19-13-29(14-26-19)17-6-4-16(3)5-7-17/h5-9,12,14-16,19H,4,10-11,13H2,1-3H3,(H,26,32)(H,25,28,29);4-8,11,13-15,18H,9-10,12H2,1-3H3,(H,25,27,28);3-6,9-10,12-14,17H,7-8,11H2,1-2H3,(H,28,34)(H,27,30,31);4-8,11,13-15,18H,9-10,12H2,1-3H3,(H,25,31)(H,24,27,28)/t19-;18-;17-;18-/m1111/s1. The van der Waals surface area contributed by atoms with Crippen LogP contribution in [0.1, 0.15) is 153 Å². The molecule has 4 saturated heterocycles. The third-order valence-electron chi connectivity index (χ3n) is 25.3. The van der Waals surface area contributed by atoms with Crippen molar-refractivity contribution in [1.29, 1.82) is 0 Å². The Kier molecular flexibility index (Phi) is 24.1. The van der Waals surface area contributed by atoms with Gasteiger partial charge in [0.25, 0.3) is 0 Å². The molecule has 8 amide bonds. The summed E-state index contributed by atoms with van der Waals surface area (Å²) in [6.45, 7) is 23.6. The minimum absolute atomic E-state index is 0.00621. The minimum Gasteiger partial charge on any atom is -0.343 e. The maximum Gasteiger partial charge on any atom is 0.416 e. The number of likely N-dealkylation sites (N-methyl/N-ethyl adjacent to an activating group) is 1. The Morgan fingerprint density at radius 1 is 0.419 bits per heavy atom. The van der Waals surface area contributed by atoms with Crippen molar-refractivity contribution < 1.29 is 32.3 Å². The van der Waals surface area contributed by atoms with Crippen LogP contribution in [-0.4, -0.2) is 164 Å². The lowest BCUT2D eigenvalue weighted by molar-refractivity contribution is -0.137. The second-order valence-corrected chi connectivity index (χ2v) is 36.2. The van der Waals surface area contributed by atoms with Gasteiger partial charge in [-0.05, 0) is 185 Å². The number of carbonyl (C=O) groups is 4. The highest BCUT2D eigenvalue weighted by Gasteiger charge is 2.52. The summed E-state index contributed by atoms with van der Waals surface area (Å²) in [7, 11) is 1.83. The quantitative estimate of drug-likeness (QED) is 0.0279. The van der Waals surface area contributed by atoms with E-state index >= 15 is 0 Å². The van der Waals surface area contributed by atoms with Crippen molar-refractivity contribution in [3.8, 4) is 22.7 Å². The number of imidazole rings is 4. The van der Waals surface area contributed by atoms with Gasteiger partial charge in [0.2, 0.25) is 23.8 Å². The summed E-state index contributed by atoms with van der Waals surface area (Å²) in [5, 5.41) is 23.2. The molecule has 4 atom stereocenters. The van der Waals surface area contributed by atoms with Gasteiger partial charge in [-0.2, -0.15) is 33.1 Å². The van der Waals surface area contributed by atoms with Gasteiger partial charge in [0.1, 0.15) is 23.3 Å². The second kappa shape index (κ2) is 35.6. The number of halogens is 4. The van der Waals surface area contributed by atoms with Crippen LogP contribution in [-0.2, 0) is 34.8 Å². The van der Waals surface area contributed by atoms with E-state index < -0.39 is 17.3 Å². The van der Waals surface area contributed by atoms with Crippen LogP contribution in [0.4, 0.5) is 79.4 Å². The lowest BCUT2D eigenvalue weighted by Crippen LogP contribution is -2.38. The number of aromatic nitrogens is 16. The first kappa shape index (κ1) is 87.5. The smallest absolute Gasteiger partial charge is 0.343 e. The Morgan fingerprint density at radius 3 is 1.05 bits per heavy atom. The molecule has 0 bridgehead atoms. The van der Waals surface area contributed by atoms with E-state index in [0.717, 1.165) is 104 Å². The van der Waals surface area contributed by atoms with E-state index in [0.29, 0.717) is 107 Å². The summed E-state index contributed by atoms with van der Waals surface area (Å²) >= 11 is 6.00. The Bertz CT molecular complexity index is 6030. The van der Waals surface area contributed by atoms with Crippen LogP contribution in [0, 0.1) is 30.6 Å². The topological polar surface area (TPSA) is 343 Å². The number of aryl methyl sites for hydroxylation is 2. The van der Waals surface area contributed by atoms with Crippen molar-refractivity contribution in [3.05, 3.63) is 241 Å². The molecule has 8 aromatic heterocycles. The fourth-order valence-corrected chi connectivity index (χ4v) is 16.9. The fourth-order valence-electron chi connectivity index (χ4n) is 16.8. The highest BCUT2D eigenvalue weighted by atomic mass is 35.5. The van der Waals surface area contributed by atoms with Crippen LogP contribution in [0.25, 0.3) is 22.7 Å². The van der Waals surface area contributed by atoms with Crippen molar-refractivity contribution in [2.45, 2.75) is 180 Å². The third-order valence-corrected chi connectivity index (χ3v) is 25.5. The zero-order chi connectivity index (χ0) is 90.4. The number of amides is 8. The molecule has 36 heteroatoms. The summed E-state index contributed by atoms with van der Waals surface area (Å²) in [5.74, 6) is 5.50. The van der Waals surface area contributed by atoms with Crippen molar-refractivity contribution in [1.82, 2.24) is 98.9 Å². The molecule has 7 N–H and O–H groups in total. The molecule has 8 aliphatic rings. The number of alkyl halides is 3. The van der Waals surface area contributed by atoms with E-state index in [-0.39, 0.29) is 70.8 Å². The van der Waals surface area contributed by atoms with Gasteiger partial charge in [-0.1, -0.05) is 110 Å². The zero-order valence-electron chi connectivity index (χ0n) is 73.8. The highest BCUT2D eigenvalue weighted by Crippen LogP contribution is 2.51. The molecule has 0 radical (unpaired) electrons. The maximum atomic E-state index is 13.1. The van der Waals surface area contributed by atoms with Gasteiger partial charge >= 0.3 is 30.3 Å². The molecule has 4 aliphatic carbocycles. The van der Waals surface area contributed by atoms with E-state index in [1.54, 1.807) is 90.4 Å². The molecule has 0 unspecified atom stereocenters. The number of urea groups is 4. The van der Waals surface area contributed by atoms with Crippen molar-refractivity contribution in [2.75, 3.05) is 74.1 Å². The maximum absolute atomic E-state index is 13.1. The van der Waals surface area contributed by atoms with Crippen LogP contribution in [0.2, 0.25) is 5.02 Å². The minimum atomic E-state index is -4.41. The average molecular weight is 1770 g/mol. The number of carbonyl (C=O) groups excluding carboxylic acids is 4. The molecule has 20 rings (SSSR count). The van der Waals surface area contributed by atoms with E-state index in [9.17, 15) is 32.3 Å². The summed E-state index contributed by atoms with van der Waals surface area (Å²) in [6, 6.07) is 36.6. The van der Waals surface area contributed by atoms with Crippen LogP contribution >= 0.6 is 11.6 Å². The lowest BCUT2D eigenvalue weighted by atomic mass is 10.0. The number of hydrogen-bond acceptors (Lipinski definition) is 20. The molecule has 12 aromatic rings. The molecule has 4 saturated carbocycles. The normalized spacial score (nSPS) is 19.5. The zero-order valence-corrected chi connectivity index (χ0v) is 74.6. The van der Waals surface area contributed by atoms with E-state index in [2.05, 4.69) is 227 Å². The summed E-state index contributed by atoms with van der Waals surface area (Å²) < 4.78 is 46.9.